The van der Waals surface area contributed by atoms with Crippen LogP contribution in [-0.2, 0) is 9.53 Å². The highest BCUT2D eigenvalue weighted by Gasteiger charge is 2.07. The molecule has 0 N–H and O–H groups in total. The molecule has 96 valence electrons. The highest BCUT2D eigenvalue weighted by Crippen LogP contribution is 2.09. The van der Waals surface area contributed by atoms with Gasteiger partial charge in [-0.3, -0.25) is 4.79 Å². The van der Waals surface area contributed by atoms with Crippen molar-refractivity contribution in [2.45, 2.75) is 6.92 Å². The van der Waals surface area contributed by atoms with Gasteiger partial charge < -0.3 is 9.64 Å². The van der Waals surface area contributed by atoms with E-state index in [1.54, 1.807) is 45.3 Å². The Hall–Kier alpha value is -2.10. The molecule has 1 aromatic carbocycles. The van der Waals surface area contributed by atoms with Gasteiger partial charge in [-0.2, -0.15) is 0 Å². The second kappa shape index (κ2) is 6.59. The topological polar surface area (TPSA) is 46.6 Å². The minimum atomic E-state index is -0.387. The van der Waals surface area contributed by atoms with E-state index in [9.17, 15) is 9.59 Å². The molecule has 0 spiro atoms. The molecule has 0 aliphatic rings. The molecule has 0 saturated heterocycles. The van der Waals surface area contributed by atoms with E-state index in [-0.39, 0.29) is 11.9 Å². The van der Waals surface area contributed by atoms with E-state index in [2.05, 4.69) is 0 Å². The fraction of sp³-hybridized carbons (Fsp3) is 0.286. The zero-order chi connectivity index (χ0) is 13.5. The van der Waals surface area contributed by atoms with E-state index >= 15 is 0 Å². The number of ether oxygens (including phenoxy) is 1. The van der Waals surface area contributed by atoms with Gasteiger partial charge in [0.05, 0.1) is 6.61 Å². The van der Waals surface area contributed by atoms with Crippen LogP contribution >= 0.6 is 0 Å². The predicted molar refractivity (Wildman–Crippen MR) is 70.1 cm³/mol. The summed E-state index contributed by atoms with van der Waals surface area (Å²) in [6.45, 7) is 2.10. The molecule has 0 fully saturated rings. The highest BCUT2D eigenvalue weighted by molar-refractivity contribution is 5.95. The lowest BCUT2D eigenvalue weighted by molar-refractivity contribution is -0.137. The Kier molecular flexibility index (Phi) is 5.11. The van der Waals surface area contributed by atoms with E-state index in [1.165, 1.54) is 11.0 Å². The van der Waals surface area contributed by atoms with Gasteiger partial charge in [0.15, 0.2) is 0 Å². The summed E-state index contributed by atoms with van der Waals surface area (Å²) in [6, 6.07) is 7.08. The first-order valence-corrected chi connectivity index (χ1v) is 5.71. The van der Waals surface area contributed by atoms with Crippen molar-refractivity contribution in [2.24, 2.45) is 0 Å². The maximum absolute atomic E-state index is 11.7. The number of hydrogen-bond donors (Lipinski definition) is 0. The predicted octanol–water partition coefficient (Wildman–Crippen LogP) is 1.96. The van der Waals surface area contributed by atoms with Crippen molar-refractivity contribution in [3.8, 4) is 0 Å². The minimum Gasteiger partial charge on any atom is -0.463 e. The normalized spacial score (nSPS) is 10.4. The smallest absolute Gasteiger partial charge is 0.330 e. The monoisotopic (exact) mass is 247 g/mol. The number of carbonyl (C=O) groups is 2. The van der Waals surface area contributed by atoms with Gasteiger partial charge in [-0.15, -0.1) is 0 Å². The number of rotatable bonds is 4. The average Bonchev–Trinajstić information content (AvgIpc) is 2.36. The number of benzene rings is 1. The van der Waals surface area contributed by atoms with Crippen LogP contribution in [0.1, 0.15) is 22.8 Å². The first-order chi connectivity index (χ1) is 8.54. The number of nitrogens with zero attached hydrogens (tertiary/aromatic N) is 1. The summed E-state index contributed by atoms with van der Waals surface area (Å²) < 4.78 is 4.78. The molecule has 0 saturated carbocycles. The maximum Gasteiger partial charge on any atom is 0.330 e. The fourth-order valence-electron chi connectivity index (χ4n) is 1.39. The molecule has 1 amide bonds. The second-order valence-electron chi connectivity index (χ2n) is 3.91. The van der Waals surface area contributed by atoms with Crippen molar-refractivity contribution in [3.63, 3.8) is 0 Å². The number of amides is 1. The molecule has 4 nitrogen and oxygen atoms in total. The first-order valence-electron chi connectivity index (χ1n) is 5.71. The first kappa shape index (κ1) is 14.0. The van der Waals surface area contributed by atoms with Crippen molar-refractivity contribution in [1.82, 2.24) is 4.90 Å². The number of esters is 1. The fourth-order valence-corrected chi connectivity index (χ4v) is 1.39. The molecule has 1 aromatic rings. The van der Waals surface area contributed by atoms with Crippen LogP contribution in [0.5, 0.6) is 0 Å². The van der Waals surface area contributed by atoms with Crippen LogP contribution in [0.25, 0.3) is 6.08 Å². The van der Waals surface area contributed by atoms with Gasteiger partial charge in [0.2, 0.25) is 0 Å². The number of carbonyl (C=O) groups excluding carboxylic acids is 2. The zero-order valence-electron chi connectivity index (χ0n) is 10.8. The minimum absolute atomic E-state index is 0.0682. The van der Waals surface area contributed by atoms with Crippen molar-refractivity contribution < 1.29 is 14.3 Å². The molecule has 0 aliphatic carbocycles. The largest absolute Gasteiger partial charge is 0.463 e. The van der Waals surface area contributed by atoms with Gasteiger partial charge in [-0.05, 0) is 30.7 Å². The summed E-state index contributed by atoms with van der Waals surface area (Å²) in [7, 11) is 3.40. The van der Waals surface area contributed by atoms with Gasteiger partial charge in [0, 0.05) is 25.7 Å². The molecule has 0 unspecified atom stereocenters. The van der Waals surface area contributed by atoms with Crippen LogP contribution < -0.4 is 0 Å². The summed E-state index contributed by atoms with van der Waals surface area (Å²) in [5.41, 5.74) is 1.38. The van der Waals surface area contributed by atoms with Crippen LogP contribution in [0.15, 0.2) is 30.3 Å². The summed E-state index contributed by atoms with van der Waals surface area (Å²) in [6.07, 6.45) is 2.98. The van der Waals surface area contributed by atoms with E-state index < -0.39 is 0 Å². The zero-order valence-corrected chi connectivity index (χ0v) is 10.8. The molecule has 0 atom stereocenters. The van der Waals surface area contributed by atoms with Crippen LogP contribution in [0.2, 0.25) is 0 Å². The Balaban J connectivity index is 2.83. The summed E-state index contributed by atoms with van der Waals surface area (Å²) >= 11 is 0. The molecule has 1 rings (SSSR count). The van der Waals surface area contributed by atoms with Crippen molar-refractivity contribution >= 4 is 18.0 Å². The molecule has 0 aromatic heterocycles. The Bertz CT molecular complexity index is 464. The lowest BCUT2D eigenvalue weighted by Gasteiger charge is -2.10. The Morgan fingerprint density at radius 2 is 2.06 bits per heavy atom. The Morgan fingerprint density at radius 3 is 2.67 bits per heavy atom. The summed E-state index contributed by atoms with van der Waals surface area (Å²) in [5, 5.41) is 0. The van der Waals surface area contributed by atoms with Crippen LogP contribution in [-0.4, -0.2) is 37.5 Å². The van der Waals surface area contributed by atoms with E-state index in [0.717, 1.165) is 5.56 Å². The molecule has 4 heteroatoms. The van der Waals surface area contributed by atoms with E-state index in [1.807, 2.05) is 6.07 Å². The standard InChI is InChI=1S/C14H17NO3/c1-4-18-13(16)9-8-11-6-5-7-12(10-11)14(17)15(2)3/h5-10H,4H2,1-3H3. The molecule has 0 radical (unpaired) electrons. The van der Waals surface area contributed by atoms with E-state index in [4.69, 9.17) is 4.74 Å². The lowest BCUT2D eigenvalue weighted by Crippen LogP contribution is -2.21. The SMILES string of the molecule is CCOC(=O)C=Cc1cccc(C(=O)N(C)C)c1. The molecule has 0 bridgehead atoms. The maximum atomic E-state index is 11.7. The quantitative estimate of drug-likeness (QED) is 0.603. The molecular formula is C14H17NO3. The summed E-state index contributed by atoms with van der Waals surface area (Å²) in [4.78, 5) is 24.4. The van der Waals surface area contributed by atoms with Crippen LogP contribution in [0.4, 0.5) is 0 Å². The lowest BCUT2D eigenvalue weighted by atomic mass is 10.1. The van der Waals surface area contributed by atoms with E-state index in [0.29, 0.717) is 12.2 Å². The van der Waals surface area contributed by atoms with Crippen molar-refractivity contribution in [3.05, 3.63) is 41.5 Å². The third kappa shape index (κ3) is 4.05. The van der Waals surface area contributed by atoms with Gasteiger partial charge in [0.1, 0.15) is 0 Å². The molecule has 18 heavy (non-hydrogen) atoms. The van der Waals surface area contributed by atoms with Gasteiger partial charge in [0.25, 0.3) is 5.91 Å². The third-order valence-electron chi connectivity index (χ3n) is 2.24. The van der Waals surface area contributed by atoms with Gasteiger partial charge in [-0.25, -0.2) is 4.79 Å². The van der Waals surface area contributed by atoms with Crippen LogP contribution in [0.3, 0.4) is 0 Å². The average molecular weight is 247 g/mol. The molecular weight excluding hydrogens is 230 g/mol. The van der Waals surface area contributed by atoms with Crippen molar-refractivity contribution in [2.75, 3.05) is 20.7 Å². The van der Waals surface area contributed by atoms with Crippen molar-refractivity contribution in [1.29, 1.82) is 0 Å². The van der Waals surface area contributed by atoms with Gasteiger partial charge >= 0.3 is 5.97 Å². The Labute approximate surface area is 107 Å². The molecule has 0 aliphatic heterocycles. The second-order valence-corrected chi connectivity index (χ2v) is 3.91. The highest BCUT2D eigenvalue weighted by atomic mass is 16.5. The van der Waals surface area contributed by atoms with Crippen LogP contribution in [0, 0.1) is 0 Å². The molecule has 0 heterocycles. The number of hydrogen-bond acceptors (Lipinski definition) is 3. The summed E-state index contributed by atoms with van der Waals surface area (Å²) in [5.74, 6) is -0.455. The third-order valence-corrected chi connectivity index (χ3v) is 2.24. The Morgan fingerprint density at radius 1 is 1.33 bits per heavy atom. The van der Waals surface area contributed by atoms with Gasteiger partial charge in [-0.1, -0.05) is 12.1 Å².